The predicted molar refractivity (Wildman–Crippen MR) is 29.9 cm³/mol. The van der Waals surface area contributed by atoms with Gasteiger partial charge in [0.2, 0.25) is 0 Å². The first-order valence-electron chi connectivity index (χ1n) is 2.62. The van der Waals surface area contributed by atoms with E-state index in [0.29, 0.717) is 12.8 Å². The molecule has 0 saturated heterocycles. The molecular formula is C6H11O+. The van der Waals surface area contributed by atoms with E-state index in [9.17, 15) is 4.79 Å². The molecule has 0 saturated carbocycles. The maximum absolute atomic E-state index is 10.3. The lowest BCUT2D eigenvalue weighted by atomic mass is 10.2. The van der Waals surface area contributed by atoms with Crippen molar-refractivity contribution in [3.8, 4) is 0 Å². The molecule has 0 rings (SSSR count). The minimum absolute atomic E-state index is 0.266. The fourth-order valence-corrected chi connectivity index (χ4v) is 0.404. The molecule has 0 heterocycles. The first kappa shape index (κ1) is 6.54. The third kappa shape index (κ3) is 3.37. The molecule has 0 aliphatic heterocycles. The number of carbonyl (C=O) groups excluding carboxylic acids is 1. The summed E-state index contributed by atoms with van der Waals surface area (Å²) in [5.41, 5.74) is 0. The quantitative estimate of drug-likeness (QED) is 0.491. The van der Waals surface area contributed by atoms with E-state index in [-0.39, 0.29) is 5.78 Å². The molecule has 0 fully saturated rings. The van der Waals surface area contributed by atoms with Crippen molar-refractivity contribution in [2.45, 2.75) is 26.2 Å². The zero-order valence-corrected chi connectivity index (χ0v) is 4.74. The number of hydrogen-bond donors (Lipinski definition) is 0. The Morgan fingerprint density at radius 1 is 1.71 bits per heavy atom. The molecule has 0 N–H and O–H groups in total. The minimum atomic E-state index is 0.266. The standard InChI is InChI=1S/C6H11O/c1-3-5-6(7)4-2/h2-5H2,1H3/q+1. The molecule has 0 spiro atoms. The van der Waals surface area contributed by atoms with Crippen LogP contribution in [0.4, 0.5) is 0 Å². The van der Waals surface area contributed by atoms with Crippen molar-refractivity contribution < 1.29 is 4.79 Å². The van der Waals surface area contributed by atoms with Crippen LogP contribution >= 0.6 is 0 Å². The summed E-state index contributed by atoms with van der Waals surface area (Å²) in [5.74, 6) is 0.266. The molecule has 0 atom stereocenters. The van der Waals surface area contributed by atoms with E-state index in [0.717, 1.165) is 6.42 Å². The highest BCUT2D eigenvalue weighted by molar-refractivity contribution is 5.78. The van der Waals surface area contributed by atoms with Crippen LogP contribution in [-0.4, -0.2) is 5.78 Å². The van der Waals surface area contributed by atoms with Gasteiger partial charge in [-0.05, 0) is 6.42 Å². The van der Waals surface area contributed by atoms with E-state index in [1.807, 2.05) is 6.92 Å². The average Bonchev–Trinajstić information content (AvgIpc) is 1.68. The number of ketones is 1. The fraction of sp³-hybridized carbons (Fsp3) is 0.667. The Morgan fingerprint density at radius 2 is 2.29 bits per heavy atom. The Labute approximate surface area is 44.7 Å². The van der Waals surface area contributed by atoms with E-state index >= 15 is 0 Å². The van der Waals surface area contributed by atoms with Crippen LogP contribution in [0, 0.1) is 6.92 Å². The van der Waals surface area contributed by atoms with Crippen molar-refractivity contribution in [2.24, 2.45) is 0 Å². The van der Waals surface area contributed by atoms with Crippen molar-refractivity contribution in [1.29, 1.82) is 0 Å². The molecule has 0 aromatic heterocycles. The van der Waals surface area contributed by atoms with Crippen LogP contribution in [0.1, 0.15) is 26.2 Å². The summed E-state index contributed by atoms with van der Waals surface area (Å²) in [5, 5.41) is 0. The molecule has 0 bridgehead atoms. The van der Waals surface area contributed by atoms with Gasteiger partial charge >= 0.3 is 0 Å². The zero-order valence-electron chi connectivity index (χ0n) is 4.74. The number of carbonyl (C=O) groups is 1. The van der Waals surface area contributed by atoms with Gasteiger partial charge in [-0.1, -0.05) is 6.92 Å². The second-order valence-corrected chi connectivity index (χ2v) is 1.54. The van der Waals surface area contributed by atoms with Gasteiger partial charge in [0.1, 0.15) is 6.42 Å². The first-order chi connectivity index (χ1) is 3.31. The molecule has 0 unspecified atom stereocenters. The summed E-state index contributed by atoms with van der Waals surface area (Å²) in [7, 11) is 0. The monoisotopic (exact) mass is 99.1 g/mol. The van der Waals surface area contributed by atoms with Crippen LogP contribution in [0.15, 0.2) is 0 Å². The van der Waals surface area contributed by atoms with Crippen molar-refractivity contribution in [3.05, 3.63) is 6.92 Å². The molecule has 0 amide bonds. The molecule has 0 aliphatic rings. The van der Waals surface area contributed by atoms with E-state index in [4.69, 9.17) is 0 Å². The lowest BCUT2D eigenvalue weighted by Crippen LogP contribution is -1.91. The smallest absolute Gasteiger partial charge is 0.176 e. The van der Waals surface area contributed by atoms with Gasteiger partial charge in [0.25, 0.3) is 0 Å². The van der Waals surface area contributed by atoms with Crippen molar-refractivity contribution in [1.82, 2.24) is 0 Å². The van der Waals surface area contributed by atoms with Crippen molar-refractivity contribution in [3.63, 3.8) is 0 Å². The predicted octanol–water partition coefficient (Wildman–Crippen LogP) is 1.58. The Hall–Kier alpha value is -0.460. The number of Topliss-reactive ketones (excluding diaryl/α,β-unsaturated/α-hetero) is 1. The third-order valence-corrected chi connectivity index (χ3v) is 0.808. The summed E-state index contributed by atoms with van der Waals surface area (Å²) in [6.07, 6.45) is 2.10. The highest BCUT2D eigenvalue weighted by atomic mass is 16.1. The van der Waals surface area contributed by atoms with Gasteiger partial charge in [0.05, 0.1) is 6.92 Å². The van der Waals surface area contributed by atoms with Crippen molar-refractivity contribution >= 4 is 5.78 Å². The lowest BCUT2D eigenvalue weighted by Gasteiger charge is -1.83. The van der Waals surface area contributed by atoms with E-state index in [1.54, 1.807) is 0 Å². The summed E-state index contributed by atoms with van der Waals surface area (Å²) < 4.78 is 0. The molecular weight excluding hydrogens is 88.1 g/mol. The van der Waals surface area contributed by atoms with E-state index in [2.05, 4.69) is 6.92 Å². The highest BCUT2D eigenvalue weighted by Gasteiger charge is 1.96. The lowest BCUT2D eigenvalue weighted by molar-refractivity contribution is -0.118. The largest absolute Gasteiger partial charge is 0.295 e. The highest BCUT2D eigenvalue weighted by Crippen LogP contribution is 1.90. The van der Waals surface area contributed by atoms with Gasteiger partial charge in [-0.3, -0.25) is 4.79 Å². The van der Waals surface area contributed by atoms with Crippen LogP contribution in [0.3, 0.4) is 0 Å². The molecule has 7 heavy (non-hydrogen) atoms. The zero-order chi connectivity index (χ0) is 5.70. The summed E-state index contributed by atoms with van der Waals surface area (Å²) in [4.78, 5) is 10.3. The van der Waals surface area contributed by atoms with Crippen LogP contribution in [0.5, 0.6) is 0 Å². The van der Waals surface area contributed by atoms with Gasteiger partial charge in [0.15, 0.2) is 5.78 Å². The Bertz CT molecular complexity index is 57.2. The second kappa shape index (κ2) is 3.72. The molecule has 0 aromatic carbocycles. The molecule has 1 nitrogen and oxygen atoms in total. The molecule has 0 radical (unpaired) electrons. The van der Waals surface area contributed by atoms with Gasteiger partial charge in [0, 0.05) is 6.42 Å². The maximum Gasteiger partial charge on any atom is 0.176 e. The molecule has 40 valence electrons. The number of hydrogen-bond acceptors (Lipinski definition) is 1. The average molecular weight is 99.2 g/mol. The summed E-state index contributed by atoms with van der Waals surface area (Å²) in [6, 6.07) is 0. The molecule has 1 heteroatoms. The maximum atomic E-state index is 10.3. The van der Waals surface area contributed by atoms with Crippen LogP contribution in [0.2, 0.25) is 0 Å². The van der Waals surface area contributed by atoms with Gasteiger partial charge in [-0.15, -0.1) is 0 Å². The Morgan fingerprint density at radius 3 is 2.43 bits per heavy atom. The number of rotatable bonds is 3. The molecule has 0 aliphatic carbocycles. The van der Waals surface area contributed by atoms with Crippen molar-refractivity contribution in [2.75, 3.05) is 0 Å². The SMILES string of the molecule is [CH2+]CC(=O)CCC. The van der Waals surface area contributed by atoms with Crippen LogP contribution < -0.4 is 0 Å². The fourth-order valence-electron chi connectivity index (χ4n) is 0.404. The van der Waals surface area contributed by atoms with E-state index < -0.39 is 0 Å². The summed E-state index contributed by atoms with van der Waals surface area (Å²) >= 11 is 0. The van der Waals surface area contributed by atoms with Gasteiger partial charge in [-0.25, -0.2) is 0 Å². The van der Waals surface area contributed by atoms with Gasteiger partial charge < -0.3 is 0 Å². The van der Waals surface area contributed by atoms with Gasteiger partial charge in [-0.2, -0.15) is 0 Å². The Balaban J connectivity index is 3.00. The van der Waals surface area contributed by atoms with Crippen LogP contribution in [-0.2, 0) is 4.79 Å². The van der Waals surface area contributed by atoms with E-state index in [1.165, 1.54) is 0 Å². The molecule has 0 aromatic rings. The normalized spacial score (nSPS) is 8.71. The minimum Gasteiger partial charge on any atom is -0.295 e. The Kier molecular flexibility index (Phi) is 3.48. The summed E-state index contributed by atoms with van der Waals surface area (Å²) in [6.45, 7) is 5.45. The second-order valence-electron chi connectivity index (χ2n) is 1.54. The topological polar surface area (TPSA) is 17.1 Å². The first-order valence-corrected chi connectivity index (χ1v) is 2.62. The third-order valence-electron chi connectivity index (χ3n) is 0.808. The van der Waals surface area contributed by atoms with Crippen LogP contribution in [0.25, 0.3) is 0 Å².